The van der Waals surface area contributed by atoms with Gasteiger partial charge in [-0.1, -0.05) is 24.3 Å². The Labute approximate surface area is 166 Å². The van der Waals surface area contributed by atoms with Gasteiger partial charge in [0.2, 0.25) is 0 Å². The number of nitrogens with one attached hydrogen (secondary N) is 1. The van der Waals surface area contributed by atoms with E-state index in [0.29, 0.717) is 39.0 Å². The number of aromatic nitrogens is 2. The van der Waals surface area contributed by atoms with Crippen LogP contribution in [0.1, 0.15) is 29.7 Å². The van der Waals surface area contributed by atoms with Crippen LogP contribution >= 0.6 is 0 Å². The first-order valence-corrected chi connectivity index (χ1v) is 9.53. The highest BCUT2D eigenvalue weighted by atomic mass is 19.4. The number of benzene rings is 1. The van der Waals surface area contributed by atoms with Gasteiger partial charge in [-0.3, -0.25) is 4.79 Å². The zero-order valence-electron chi connectivity index (χ0n) is 15.7. The number of likely N-dealkylation sites (tertiary alicyclic amines) is 1. The molecule has 1 aromatic heterocycles. The van der Waals surface area contributed by atoms with Crippen LogP contribution in [-0.2, 0) is 28.7 Å². The molecule has 1 atom stereocenters. The van der Waals surface area contributed by atoms with E-state index in [9.17, 15) is 18.0 Å². The van der Waals surface area contributed by atoms with Gasteiger partial charge in [-0.2, -0.15) is 13.2 Å². The number of anilines is 1. The summed E-state index contributed by atoms with van der Waals surface area (Å²) in [5.41, 5.74) is 1.28. The molecule has 1 saturated heterocycles. The molecule has 0 bridgehead atoms. The van der Waals surface area contributed by atoms with Crippen LogP contribution in [0.3, 0.4) is 0 Å². The highest BCUT2D eigenvalue weighted by Crippen LogP contribution is 2.29. The Balaban J connectivity index is 1.31. The van der Waals surface area contributed by atoms with E-state index in [1.165, 1.54) is 0 Å². The molecule has 0 aliphatic carbocycles. The van der Waals surface area contributed by atoms with E-state index in [2.05, 4.69) is 15.3 Å². The minimum atomic E-state index is -4.51. The lowest BCUT2D eigenvalue weighted by Gasteiger charge is -2.35. The van der Waals surface area contributed by atoms with Crippen molar-refractivity contribution in [2.24, 2.45) is 0 Å². The average Bonchev–Trinajstić information content (AvgIpc) is 2.73. The van der Waals surface area contributed by atoms with E-state index < -0.39 is 18.0 Å². The standard InChI is InChI=1S/C20H21F3N4O2/c21-20(22,23)17-10-18(25-12-24-17)26-15-5-7-27(8-6-15)19(28)16-9-13-3-1-2-4-14(13)11-29-16/h1-4,10,12,15-16H,5-9,11H2,(H,24,25,26). The number of fused-ring (bicyclic) bond motifs is 1. The molecule has 4 rings (SSSR count). The van der Waals surface area contributed by atoms with E-state index >= 15 is 0 Å². The molecule has 9 heteroatoms. The molecule has 1 amide bonds. The summed E-state index contributed by atoms with van der Waals surface area (Å²) in [6, 6.07) is 8.79. The Kier molecular flexibility index (Phi) is 5.40. The second kappa shape index (κ2) is 7.98. The molecule has 1 fully saturated rings. The van der Waals surface area contributed by atoms with Crippen molar-refractivity contribution >= 4 is 11.7 Å². The van der Waals surface area contributed by atoms with E-state index in [1.54, 1.807) is 4.90 Å². The van der Waals surface area contributed by atoms with Crippen molar-refractivity contribution in [3.05, 3.63) is 53.5 Å². The number of carbonyl (C=O) groups excluding carboxylic acids is 1. The number of halogens is 3. The van der Waals surface area contributed by atoms with Crippen LogP contribution in [0.2, 0.25) is 0 Å². The zero-order chi connectivity index (χ0) is 20.4. The summed E-state index contributed by atoms with van der Waals surface area (Å²) < 4.78 is 44.1. The van der Waals surface area contributed by atoms with Crippen molar-refractivity contribution in [2.75, 3.05) is 18.4 Å². The molecule has 0 radical (unpaired) electrons. The van der Waals surface area contributed by atoms with Gasteiger partial charge in [0.25, 0.3) is 5.91 Å². The topological polar surface area (TPSA) is 67.3 Å². The third-order valence-corrected chi connectivity index (χ3v) is 5.36. The Morgan fingerprint density at radius 2 is 1.86 bits per heavy atom. The smallest absolute Gasteiger partial charge is 0.367 e. The third-order valence-electron chi connectivity index (χ3n) is 5.36. The number of amides is 1. The summed E-state index contributed by atoms with van der Waals surface area (Å²) in [6.45, 7) is 1.48. The number of alkyl halides is 3. The van der Waals surface area contributed by atoms with Gasteiger partial charge in [0.1, 0.15) is 23.9 Å². The van der Waals surface area contributed by atoms with Crippen LogP contribution in [0.15, 0.2) is 36.7 Å². The number of hydrogen-bond donors (Lipinski definition) is 1. The fraction of sp³-hybridized carbons (Fsp3) is 0.450. The van der Waals surface area contributed by atoms with Crippen LogP contribution in [0.5, 0.6) is 0 Å². The predicted octanol–water partition coefficient (Wildman–Crippen LogP) is 3.04. The lowest BCUT2D eigenvalue weighted by Crippen LogP contribution is -2.48. The molecule has 29 heavy (non-hydrogen) atoms. The number of ether oxygens (including phenoxy) is 1. The number of rotatable bonds is 3. The van der Waals surface area contributed by atoms with E-state index in [4.69, 9.17) is 4.74 Å². The molecule has 1 aromatic carbocycles. The first-order chi connectivity index (χ1) is 13.9. The molecule has 2 aliphatic rings. The molecule has 0 spiro atoms. The molecule has 2 aliphatic heterocycles. The number of hydrogen-bond acceptors (Lipinski definition) is 5. The second-order valence-corrected chi connectivity index (χ2v) is 7.30. The summed E-state index contributed by atoms with van der Waals surface area (Å²) in [7, 11) is 0. The second-order valence-electron chi connectivity index (χ2n) is 7.30. The molecule has 6 nitrogen and oxygen atoms in total. The van der Waals surface area contributed by atoms with Crippen LogP contribution in [0, 0.1) is 0 Å². The molecule has 1 unspecified atom stereocenters. The maximum Gasteiger partial charge on any atom is 0.433 e. The maximum atomic E-state index is 12.8. The van der Waals surface area contributed by atoms with Crippen LogP contribution in [0.4, 0.5) is 19.0 Å². The summed E-state index contributed by atoms with van der Waals surface area (Å²) in [5.74, 6) is 0.115. The van der Waals surface area contributed by atoms with Crippen molar-refractivity contribution in [1.82, 2.24) is 14.9 Å². The minimum absolute atomic E-state index is 0.0284. The molecular weight excluding hydrogens is 385 g/mol. The third kappa shape index (κ3) is 4.50. The van der Waals surface area contributed by atoms with Crippen molar-refractivity contribution in [3.8, 4) is 0 Å². The highest BCUT2D eigenvalue weighted by molar-refractivity contribution is 5.81. The minimum Gasteiger partial charge on any atom is -0.367 e. The summed E-state index contributed by atoms with van der Waals surface area (Å²) in [6.07, 6.45) is -2.27. The summed E-state index contributed by atoms with van der Waals surface area (Å²) in [5, 5.41) is 3.03. The zero-order valence-corrected chi connectivity index (χ0v) is 15.7. The normalized spacial score (nSPS) is 20.2. The van der Waals surface area contributed by atoms with Gasteiger partial charge in [0.15, 0.2) is 0 Å². The van der Waals surface area contributed by atoms with Crippen LogP contribution in [-0.4, -0.2) is 46.0 Å². The maximum absolute atomic E-state index is 12.8. The van der Waals surface area contributed by atoms with E-state index in [0.717, 1.165) is 23.5 Å². The highest BCUT2D eigenvalue weighted by Gasteiger charge is 2.34. The van der Waals surface area contributed by atoms with Gasteiger partial charge in [0.05, 0.1) is 6.61 Å². The SMILES string of the molecule is O=C(C1Cc2ccccc2CO1)N1CCC(Nc2cc(C(F)(F)F)ncn2)CC1. The van der Waals surface area contributed by atoms with Crippen molar-refractivity contribution in [1.29, 1.82) is 0 Å². The molecule has 0 saturated carbocycles. The van der Waals surface area contributed by atoms with Crippen molar-refractivity contribution in [3.63, 3.8) is 0 Å². The van der Waals surface area contributed by atoms with Crippen molar-refractivity contribution < 1.29 is 22.7 Å². The quantitative estimate of drug-likeness (QED) is 0.849. The predicted molar refractivity (Wildman–Crippen MR) is 99.0 cm³/mol. The summed E-state index contributed by atoms with van der Waals surface area (Å²) >= 11 is 0. The number of piperidine rings is 1. The largest absolute Gasteiger partial charge is 0.433 e. The fourth-order valence-corrected chi connectivity index (χ4v) is 3.75. The Bertz CT molecular complexity index is 882. The molecule has 1 N–H and O–H groups in total. The lowest BCUT2D eigenvalue weighted by atomic mass is 9.97. The van der Waals surface area contributed by atoms with Crippen LogP contribution < -0.4 is 5.32 Å². The Morgan fingerprint density at radius 1 is 1.14 bits per heavy atom. The van der Waals surface area contributed by atoms with Gasteiger partial charge >= 0.3 is 6.18 Å². The monoisotopic (exact) mass is 406 g/mol. The van der Waals surface area contributed by atoms with Gasteiger partial charge in [-0.15, -0.1) is 0 Å². The average molecular weight is 406 g/mol. The van der Waals surface area contributed by atoms with E-state index in [-0.39, 0.29) is 17.8 Å². The Morgan fingerprint density at radius 3 is 2.59 bits per heavy atom. The first-order valence-electron chi connectivity index (χ1n) is 9.53. The Hall–Kier alpha value is -2.68. The van der Waals surface area contributed by atoms with Crippen LogP contribution in [0.25, 0.3) is 0 Å². The summed E-state index contributed by atoms with van der Waals surface area (Å²) in [4.78, 5) is 21.7. The molecule has 154 valence electrons. The van der Waals surface area contributed by atoms with Gasteiger partial charge in [0, 0.05) is 31.6 Å². The number of nitrogens with zero attached hydrogens (tertiary/aromatic N) is 3. The van der Waals surface area contributed by atoms with Gasteiger partial charge < -0.3 is 15.0 Å². The number of carbonyl (C=O) groups is 1. The molecular formula is C20H21F3N4O2. The van der Waals surface area contributed by atoms with E-state index in [1.807, 2.05) is 24.3 Å². The molecule has 2 aromatic rings. The van der Waals surface area contributed by atoms with Gasteiger partial charge in [-0.05, 0) is 24.0 Å². The lowest BCUT2D eigenvalue weighted by molar-refractivity contribution is -0.146. The fourth-order valence-electron chi connectivity index (χ4n) is 3.75. The van der Waals surface area contributed by atoms with Gasteiger partial charge in [-0.25, -0.2) is 9.97 Å². The van der Waals surface area contributed by atoms with Crippen molar-refractivity contribution in [2.45, 2.75) is 44.2 Å². The molecule has 3 heterocycles. The first kappa shape index (κ1) is 19.6.